The van der Waals surface area contributed by atoms with E-state index >= 15 is 0 Å². The van der Waals surface area contributed by atoms with Gasteiger partial charge in [-0.3, -0.25) is 4.79 Å². The maximum Gasteiger partial charge on any atom is 0.227 e. The molecule has 29 heavy (non-hydrogen) atoms. The minimum Gasteiger partial charge on any atom is -0.497 e. The smallest absolute Gasteiger partial charge is 0.227 e. The van der Waals surface area contributed by atoms with Crippen LogP contribution < -0.4 is 14.8 Å². The summed E-state index contributed by atoms with van der Waals surface area (Å²) in [7, 11) is 3.25. The highest BCUT2D eigenvalue weighted by Crippen LogP contribution is 2.38. The Balaban J connectivity index is 1.62. The average Bonchev–Trinajstić information content (AvgIpc) is 2.74. The number of ether oxygens (including phenoxy) is 2. The van der Waals surface area contributed by atoms with Crippen LogP contribution in [0.1, 0.15) is 39.5 Å². The summed E-state index contributed by atoms with van der Waals surface area (Å²) in [6.45, 7) is 2.04. The second-order valence-corrected chi connectivity index (χ2v) is 7.18. The summed E-state index contributed by atoms with van der Waals surface area (Å²) < 4.78 is 10.8. The van der Waals surface area contributed by atoms with Crippen LogP contribution in [0.15, 0.2) is 48.7 Å². The lowest BCUT2D eigenvalue weighted by molar-refractivity contribution is 0.0962. The number of aromatic nitrogens is 2. The topological polar surface area (TPSA) is 73.3 Å². The van der Waals surface area contributed by atoms with E-state index < -0.39 is 0 Å². The number of methoxy groups -OCH3 is 2. The Hall–Kier alpha value is -3.41. The van der Waals surface area contributed by atoms with E-state index in [0.717, 1.165) is 28.4 Å². The number of Topliss-reactive ketones (excluding diaryl/α,β-unsaturated/α-hetero) is 1. The van der Waals surface area contributed by atoms with Crippen molar-refractivity contribution in [3.63, 3.8) is 0 Å². The summed E-state index contributed by atoms with van der Waals surface area (Å²) in [5.41, 5.74) is 4.44. The first kappa shape index (κ1) is 18.9. The number of nitrogens with one attached hydrogen (secondary N) is 1. The molecule has 3 aromatic rings. The van der Waals surface area contributed by atoms with Crippen LogP contribution in [-0.4, -0.2) is 30.0 Å². The quantitative estimate of drug-likeness (QED) is 0.695. The largest absolute Gasteiger partial charge is 0.497 e. The number of ketones is 1. The number of aryl methyl sites for hydroxylation is 1. The molecule has 0 saturated heterocycles. The van der Waals surface area contributed by atoms with Crippen molar-refractivity contribution in [2.75, 3.05) is 19.5 Å². The Kier molecular flexibility index (Phi) is 5.16. The van der Waals surface area contributed by atoms with Gasteiger partial charge in [0.25, 0.3) is 0 Å². The van der Waals surface area contributed by atoms with Crippen LogP contribution in [-0.2, 0) is 6.42 Å². The number of fused-ring (bicyclic) bond motifs is 1. The zero-order chi connectivity index (χ0) is 20.4. The van der Waals surface area contributed by atoms with Crippen LogP contribution in [0, 0.1) is 6.92 Å². The van der Waals surface area contributed by atoms with Gasteiger partial charge in [0, 0.05) is 30.3 Å². The molecular formula is C23H23N3O3. The third-order valence-corrected chi connectivity index (χ3v) is 5.23. The van der Waals surface area contributed by atoms with Gasteiger partial charge in [-0.1, -0.05) is 23.8 Å². The normalized spacial score (nSPS) is 15.6. The third-order valence-electron chi connectivity index (χ3n) is 5.23. The highest BCUT2D eigenvalue weighted by molar-refractivity contribution is 5.98. The Morgan fingerprint density at radius 3 is 2.55 bits per heavy atom. The summed E-state index contributed by atoms with van der Waals surface area (Å²) in [5.74, 6) is 1.98. The van der Waals surface area contributed by atoms with E-state index in [-0.39, 0.29) is 11.7 Å². The van der Waals surface area contributed by atoms with Gasteiger partial charge in [-0.25, -0.2) is 9.97 Å². The number of hydrogen-bond acceptors (Lipinski definition) is 6. The van der Waals surface area contributed by atoms with Crippen molar-refractivity contribution < 1.29 is 14.3 Å². The Labute approximate surface area is 169 Å². The SMILES string of the molecule is COc1ccc([C@H]2CC(=O)c3cnc(Nc4ccc(C)cc4)nc3C2)c(OC)c1. The van der Waals surface area contributed by atoms with Crippen molar-refractivity contribution in [2.24, 2.45) is 0 Å². The zero-order valence-electron chi connectivity index (χ0n) is 16.7. The van der Waals surface area contributed by atoms with Gasteiger partial charge >= 0.3 is 0 Å². The van der Waals surface area contributed by atoms with Crippen molar-refractivity contribution in [3.8, 4) is 11.5 Å². The minimum atomic E-state index is -0.00187. The molecule has 4 rings (SSSR count). The van der Waals surface area contributed by atoms with E-state index in [1.54, 1.807) is 20.4 Å². The fraction of sp³-hybridized carbons (Fsp3) is 0.261. The first-order valence-corrected chi connectivity index (χ1v) is 9.52. The molecule has 1 atom stereocenters. The fourth-order valence-corrected chi connectivity index (χ4v) is 3.65. The van der Waals surface area contributed by atoms with Gasteiger partial charge in [-0.2, -0.15) is 0 Å². The van der Waals surface area contributed by atoms with Gasteiger partial charge in [0.2, 0.25) is 5.95 Å². The number of benzene rings is 2. The lowest BCUT2D eigenvalue weighted by Crippen LogP contribution is -2.21. The molecule has 0 amide bonds. The maximum atomic E-state index is 12.7. The Bertz CT molecular complexity index is 1050. The van der Waals surface area contributed by atoms with Crippen LogP contribution in [0.25, 0.3) is 0 Å². The molecule has 148 valence electrons. The van der Waals surface area contributed by atoms with Crippen molar-refractivity contribution in [1.29, 1.82) is 0 Å². The number of carbonyl (C=O) groups excluding carboxylic acids is 1. The molecule has 2 aromatic carbocycles. The summed E-state index contributed by atoms with van der Waals surface area (Å²) in [4.78, 5) is 21.7. The number of rotatable bonds is 5. The van der Waals surface area contributed by atoms with Crippen LogP contribution in [0.2, 0.25) is 0 Å². The van der Waals surface area contributed by atoms with Crippen molar-refractivity contribution in [1.82, 2.24) is 9.97 Å². The molecule has 1 N–H and O–H groups in total. The molecule has 0 saturated carbocycles. The number of carbonyl (C=O) groups is 1. The molecule has 0 bridgehead atoms. The van der Waals surface area contributed by atoms with Crippen LogP contribution in [0.5, 0.6) is 11.5 Å². The predicted octanol–water partition coefficient (Wildman–Crippen LogP) is 4.46. The van der Waals surface area contributed by atoms with Gasteiger partial charge in [-0.15, -0.1) is 0 Å². The summed E-state index contributed by atoms with van der Waals surface area (Å²) in [6.07, 6.45) is 2.68. The maximum absolute atomic E-state index is 12.7. The first-order chi connectivity index (χ1) is 14.1. The average molecular weight is 389 g/mol. The van der Waals surface area contributed by atoms with Crippen molar-refractivity contribution in [2.45, 2.75) is 25.7 Å². The number of hydrogen-bond donors (Lipinski definition) is 1. The van der Waals surface area contributed by atoms with Crippen LogP contribution in [0.3, 0.4) is 0 Å². The standard InChI is InChI=1S/C23H23N3O3/c1-14-4-6-16(7-5-14)25-23-24-13-19-20(26-23)10-15(11-21(19)27)18-9-8-17(28-2)12-22(18)29-3/h4-9,12-13,15H,10-11H2,1-3H3,(H,24,25,26)/t15-/m1/s1. The second kappa shape index (κ2) is 7.91. The molecule has 0 spiro atoms. The van der Waals surface area contributed by atoms with E-state index in [4.69, 9.17) is 9.47 Å². The number of nitrogens with zero attached hydrogens (tertiary/aromatic N) is 2. The minimum absolute atomic E-state index is 0.00187. The highest BCUT2D eigenvalue weighted by Gasteiger charge is 2.30. The second-order valence-electron chi connectivity index (χ2n) is 7.18. The van der Waals surface area contributed by atoms with Crippen LogP contribution in [0.4, 0.5) is 11.6 Å². The third kappa shape index (κ3) is 3.92. The molecule has 1 heterocycles. The number of anilines is 2. The van der Waals surface area contributed by atoms with E-state index in [0.29, 0.717) is 24.4 Å². The van der Waals surface area contributed by atoms with Crippen molar-refractivity contribution in [3.05, 3.63) is 71.0 Å². The van der Waals surface area contributed by atoms with E-state index in [2.05, 4.69) is 15.3 Å². The van der Waals surface area contributed by atoms with Gasteiger partial charge in [0.1, 0.15) is 11.5 Å². The van der Waals surface area contributed by atoms with Gasteiger partial charge in [0.05, 0.1) is 25.5 Å². The molecule has 0 fully saturated rings. The lowest BCUT2D eigenvalue weighted by Gasteiger charge is -2.25. The van der Waals surface area contributed by atoms with Gasteiger partial charge < -0.3 is 14.8 Å². The monoisotopic (exact) mass is 389 g/mol. The van der Waals surface area contributed by atoms with Crippen molar-refractivity contribution >= 4 is 17.4 Å². The molecule has 6 nitrogen and oxygen atoms in total. The highest BCUT2D eigenvalue weighted by atomic mass is 16.5. The molecule has 1 aliphatic carbocycles. The summed E-state index contributed by atoms with van der Waals surface area (Å²) in [6, 6.07) is 13.7. The molecular weight excluding hydrogens is 366 g/mol. The van der Waals surface area contributed by atoms with Gasteiger partial charge in [-0.05, 0) is 37.1 Å². The Morgan fingerprint density at radius 2 is 1.83 bits per heavy atom. The fourth-order valence-electron chi connectivity index (χ4n) is 3.65. The molecule has 6 heteroatoms. The zero-order valence-corrected chi connectivity index (χ0v) is 16.7. The molecule has 1 aromatic heterocycles. The van der Waals surface area contributed by atoms with Gasteiger partial charge in [0.15, 0.2) is 5.78 Å². The summed E-state index contributed by atoms with van der Waals surface area (Å²) >= 11 is 0. The van der Waals surface area contributed by atoms with E-state index in [9.17, 15) is 4.79 Å². The molecule has 0 aliphatic heterocycles. The lowest BCUT2D eigenvalue weighted by atomic mass is 9.82. The van der Waals surface area contributed by atoms with Crippen LogP contribution >= 0.6 is 0 Å². The molecule has 0 unspecified atom stereocenters. The first-order valence-electron chi connectivity index (χ1n) is 9.52. The molecule has 0 radical (unpaired) electrons. The summed E-state index contributed by atoms with van der Waals surface area (Å²) in [5, 5.41) is 3.21. The van der Waals surface area contributed by atoms with E-state index in [1.807, 2.05) is 49.4 Å². The Morgan fingerprint density at radius 1 is 1.03 bits per heavy atom. The van der Waals surface area contributed by atoms with E-state index in [1.165, 1.54) is 5.56 Å². The molecule has 1 aliphatic rings. The predicted molar refractivity (Wildman–Crippen MR) is 111 cm³/mol.